The third-order valence-electron chi connectivity index (χ3n) is 13.2. The van der Waals surface area contributed by atoms with Gasteiger partial charge in [0, 0.05) is 48.3 Å². The summed E-state index contributed by atoms with van der Waals surface area (Å²) in [6.45, 7) is 12.1. The summed E-state index contributed by atoms with van der Waals surface area (Å²) >= 11 is 0. The van der Waals surface area contributed by atoms with Gasteiger partial charge in [0.2, 0.25) is 0 Å². The topological polar surface area (TPSA) is 109 Å². The molecular formula is C44H48N6O4. The Morgan fingerprint density at radius 3 is 1.52 bits per heavy atom. The predicted molar refractivity (Wildman–Crippen MR) is 214 cm³/mol. The Balaban J connectivity index is 1.14. The number of hydrogen-bond acceptors (Lipinski definition) is 10. The maximum Gasteiger partial charge on any atom is 0.253 e. The zero-order chi connectivity index (χ0) is 37.1. The lowest BCUT2D eigenvalue weighted by Crippen LogP contribution is -2.57. The average molecular weight is 725 g/mol. The maximum absolute atomic E-state index is 13.8. The Bertz CT molecular complexity index is 2160. The number of benzene rings is 2. The average Bonchev–Trinajstić information content (AvgIpc) is 3.24. The van der Waals surface area contributed by atoms with Gasteiger partial charge in [-0.05, 0) is 122 Å². The van der Waals surface area contributed by atoms with E-state index in [-0.39, 0.29) is 24.2 Å². The molecule has 10 atom stereocenters. The van der Waals surface area contributed by atoms with Gasteiger partial charge in [-0.2, -0.15) is 0 Å². The first-order chi connectivity index (χ1) is 26.4. The van der Waals surface area contributed by atoms with Gasteiger partial charge < -0.3 is 20.1 Å². The van der Waals surface area contributed by atoms with Crippen molar-refractivity contribution in [1.82, 2.24) is 19.8 Å². The summed E-state index contributed by atoms with van der Waals surface area (Å²) in [6.07, 6.45) is 12.0. The van der Waals surface area contributed by atoms with Crippen LogP contribution in [0.3, 0.4) is 0 Å². The summed E-state index contributed by atoms with van der Waals surface area (Å²) in [6, 6.07) is 15.6. The van der Waals surface area contributed by atoms with Crippen molar-refractivity contribution in [3.05, 3.63) is 118 Å². The van der Waals surface area contributed by atoms with Crippen molar-refractivity contribution in [2.75, 3.05) is 51.0 Å². The molecule has 2 unspecified atom stereocenters. The van der Waals surface area contributed by atoms with Gasteiger partial charge in [-0.3, -0.25) is 29.4 Å². The number of nitrogens with zero attached hydrogens (tertiary/aromatic N) is 4. The van der Waals surface area contributed by atoms with Gasteiger partial charge in [0.1, 0.15) is 22.9 Å². The first-order valence-electron chi connectivity index (χ1n) is 19.3. The fraction of sp³-hybridized carbons (Fsp3) is 0.409. The third kappa shape index (κ3) is 5.78. The number of pyridine rings is 2. The van der Waals surface area contributed by atoms with Gasteiger partial charge in [-0.15, -0.1) is 13.2 Å². The van der Waals surface area contributed by atoms with Gasteiger partial charge in [0.15, 0.2) is 0 Å². The van der Waals surface area contributed by atoms with Gasteiger partial charge >= 0.3 is 0 Å². The number of rotatable bonds is 12. The molecule has 278 valence electrons. The third-order valence-corrected chi connectivity index (χ3v) is 13.2. The first kappa shape index (κ1) is 34.7. The molecule has 54 heavy (non-hydrogen) atoms. The van der Waals surface area contributed by atoms with Crippen LogP contribution < -0.4 is 31.0 Å². The molecule has 6 fully saturated rings. The molecule has 6 saturated heterocycles. The van der Waals surface area contributed by atoms with Crippen LogP contribution in [0.2, 0.25) is 0 Å². The number of piperidine rings is 6. The molecule has 10 nitrogen and oxygen atoms in total. The largest absolute Gasteiger partial charge is 0.497 e. The van der Waals surface area contributed by atoms with Crippen LogP contribution in [0.1, 0.15) is 48.9 Å². The number of nitrogens with one attached hydrogen (secondary N) is 2. The molecule has 0 saturated carbocycles. The number of aromatic nitrogens is 2. The molecule has 0 aliphatic carbocycles. The quantitative estimate of drug-likeness (QED) is 0.109. The van der Waals surface area contributed by atoms with Crippen LogP contribution >= 0.6 is 0 Å². The van der Waals surface area contributed by atoms with E-state index in [4.69, 9.17) is 9.47 Å². The van der Waals surface area contributed by atoms with E-state index >= 15 is 0 Å². The Kier molecular flexibility index (Phi) is 8.98. The van der Waals surface area contributed by atoms with E-state index in [0.717, 1.165) is 96.3 Å². The monoisotopic (exact) mass is 724 g/mol. The first-order valence-corrected chi connectivity index (χ1v) is 19.3. The minimum absolute atomic E-state index is 0.0948. The second kappa shape index (κ2) is 14.0. The fourth-order valence-electron chi connectivity index (χ4n) is 10.3. The van der Waals surface area contributed by atoms with Crippen molar-refractivity contribution < 1.29 is 9.47 Å². The lowest BCUT2D eigenvalue weighted by molar-refractivity contribution is 0.0102. The number of fused-ring (bicyclic) bond motifs is 8. The second-order valence-corrected chi connectivity index (χ2v) is 15.7. The summed E-state index contributed by atoms with van der Waals surface area (Å²) < 4.78 is 11.3. The highest BCUT2D eigenvalue weighted by Crippen LogP contribution is 2.46. The number of hydrogen-bond donors (Lipinski definition) is 2. The van der Waals surface area contributed by atoms with Crippen LogP contribution in [0.15, 0.2) is 95.8 Å². The zero-order valence-electron chi connectivity index (χ0n) is 31.0. The SMILES string of the molecule is C=C[C@H]1CN2CC[C@H]1C[C@H]2[C@@H](Nc1c(N[C@@H](c2ccnc3ccc(OC)cc23)[C@@H]2C[C@@H]3CCN2C[C@@H]3C=C)c(=O)c1=O)c1ccnc2ccc(OC)cc12. The van der Waals surface area contributed by atoms with Crippen molar-refractivity contribution in [2.45, 2.75) is 49.9 Å². The molecule has 2 aromatic heterocycles. The van der Waals surface area contributed by atoms with Crippen molar-refractivity contribution >= 4 is 33.2 Å². The molecule has 0 amide bonds. The maximum atomic E-state index is 13.8. The molecule has 5 aromatic rings. The summed E-state index contributed by atoms with van der Waals surface area (Å²) in [5, 5.41) is 9.39. The highest BCUT2D eigenvalue weighted by molar-refractivity contribution is 5.86. The van der Waals surface area contributed by atoms with Gasteiger partial charge in [-0.25, -0.2) is 0 Å². The van der Waals surface area contributed by atoms with Crippen LogP contribution in [0.25, 0.3) is 21.8 Å². The molecule has 2 N–H and O–H groups in total. The van der Waals surface area contributed by atoms with Crippen molar-refractivity contribution in [1.29, 1.82) is 0 Å². The van der Waals surface area contributed by atoms with E-state index in [1.807, 2.05) is 60.9 Å². The standard InChI is InChI=1S/C44H48N6O4/c1-5-25-23-49-17-13-27(25)19-37(49)39(31-11-15-45-35-9-7-29(53-3)21-33(31)35)47-41-42(44(52)43(41)51)48-40(38-20-28-14-18-50(38)24-26(28)6-2)32-12-16-46-36-10-8-30(54-4)22-34(32)36/h5-12,15-16,21-22,25-28,37-40,47-48H,1-2,13-14,17-20,23-24H2,3-4H3/t25-,26-,27-,28-,37-,38-,39-,40-/m0/s1. The van der Waals surface area contributed by atoms with Crippen molar-refractivity contribution in [2.24, 2.45) is 23.7 Å². The van der Waals surface area contributed by atoms with Crippen LogP contribution in [0.4, 0.5) is 11.4 Å². The molecule has 10 heteroatoms. The lowest BCUT2D eigenvalue weighted by Gasteiger charge is -2.52. The molecular weight excluding hydrogens is 677 g/mol. The molecule has 4 bridgehead atoms. The molecule has 8 heterocycles. The van der Waals surface area contributed by atoms with E-state index < -0.39 is 10.9 Å². The minimum Gasteiger partial charge on any atom is -0.497 e. The van der Waals surface area contributed by atoms with E-state index in [0.29, 0.717) is 35.0 Å². The summed E-state index contributed by atoms with van der Waals surface area (Å²) in [5.41, 5.74) is 3.47. The molecule has 0 radical (unpaired) electrons. The molecule has 3 aromatic carbocycles. The van der Waals surface area contributed by atoms with E-state index in [9.17, 15) is 9.59 Å². The van der Waals surface area contributed by atoms with E-state index in [1.165, 1.54) is 0 Å². The second-order valence-electron chi connectivity index (χ2n) is 15.7. The Morgan fingerprint density at radius 1 is 0.704 bits per heavy atom. The minimum atomic E-state index is -0.490. The van der Waals surface area contributed by atoms with Gasteiger partial charge in [-0.1, -0.05) is 12.2 Å². The van der Waals surface area contributed by atoms with Crippen LogP contribution in [0, 0.1) is 23.7 Å². The van der Waals surface area contributed by atoms with Crippen LogP contribution in [-0.2, 0) is 0 Å². The lowest BCUT2D eigenvalue weighted by atomic mass is 9.72. The zero-order valence-corrected chi connectivity index (χ0v) is 31.0. The molecule has 6 aliphatic heterocycles. The van der Waals surface area contributed by atoms with Crippen LogP contribution in [-0.4, -0.2) is 72.3 Å². The number of ether oxygens (including phenoxy) is 2. The van der Waals surface area contributed by atoms with Crippen LogP contribution in [0.5, 0.6) is 11.5 Å². The summed E-state index contributed by atoms with van der Waals surface area (Å²) in [5.74, 6) is 3.36. The summed E-state index contributed by atoms with van der Waals surface area (Å²) in [7, 11) is 3.33. The Morgan fingerprint density at radius 2 is 1.15 bits per heavy atom. The van der Waals surface area contributed by atoms with E-state index in [1.54, 1.807) is 14.2 Å². The molecule has 6 aliphatic rings. The van der Waals surface area contributed by atoms with Crippen molar-refractivity contribution in [3.63, 3.8) is 0 Å². The number of anilines is 2. The molecule has 0 spiro atoms. The Labute approximate surface area is 315 Å². The predicted octanol–water partition coefficient (Wildman–Crippen LogP) is 6.50. The number of methoxy groups -OCH3 is 2. The highest BCUT2D eigenvalue weighted by Gasteiger charge is 2.46. The van der Waals surface area contributed by atoms with E-state index in [2.05, 4.69) is 55.7 Å². The molecule has 11 rings (SSSR count). The fourth-order valence-corrected chi connectivity index (χ4v) is 10.3. The van der Waals surface area contributed by atoms with Gasteiger partial charge in [0.25, 0.3) is 10.9 Å². The Hall–Kier alpha value is -5.06. The van der Waals surface area contributed by atoms with Crippen molar-refractivity contribution in [3.8, 4) is 11.5 Å². The highest BCUT2D eigenvalue weighted by atomic mass is 16.5. The van der Waals surface area contributed by atoms with Gasteiger partial charge in [0.05, 0.1) is 37.3 Å². The smallest absolute Gasteiger partial charge is 0.253 e. The normalized spacial score (nSPS) is 28.5. The summed E-state index contributed by atoms with van der Waals surface area (Å²) in [4.78, 5) is 42.1.